The van der Waals surface area contributed by atoms with Crippen molar-refractivity contribution in [1.29, 1.82) is 0 Å². The summed E-state index contributed by atoms with van der Waals surface area (Å²) < 4.78 is 36.9. The topological polar surface area (TPSA) is 24.7 Å². The van der Waals surface area contributed by atoms with Gasteiger partial charge in [0.1, 0.15) is 0 Å². The van der Waals surface area contributed by atoms with E-state index in [0.29, 0.717) is 10.9 Å². The monoisotopic (exact) mass is 292 g/mol. The van der Waals surface area contributed by atoms with Crippen molar-refractivity contribution in [3.63, 3.8) is 0 Å². The summed E-state index contributed by atoms with van der Waals surface area (Å²) in [5, 5.41) is 7.75. The van der Waals surface area contributed by atoms with Gasteiger partial charge in [0.15, 0.2) is 0 Å². The minimum absolute atomic E-state index is 0.495. The highest BCUT2D eigenvalue weighted by Gasteiger charge is 2.51. The number of hydrogen-bond acceptors (Lipinski definition) is 2. The molecule has 2 rings (SSSR count). The average molecular weight is 293 g/mol. The molecule has 16 heavy (non-hydrogen) atoms. The van der Waals surface area contributed by atoms with E-state index in [-0.39, 0.29) is 0 Å². The molecule has 1 aliphatic rings. The van der Waals surface area contributed by atoms with E-state index < -0.39 is 18.3 Å². The van der Waals surface area contributed by atoms with Gasteiger partial charge in [-0.2, -0.15) is 23.4 Å². The van der Waals surface area contributed by atoms with Crippen molar-refractivity contribution in [3.8, 4) is 0 Å². The lowest BCUT2D eigenvalue weighted by atomic mass is 9.99. The van der Waals surface area contributed by atoms with Crippen LogP contribution in [-0.4, -0.2) is 6.18 Å². The number of halogens is 4. The average Bonchev–Trinajstić information content (AvgIpc) is 2.96. The highest BCUT2D eigenvalue weighted by atomic mass is 79.9. The lowest BCUT2D eigenvalue weighted by Gasteiger charge is -2.13. The Morgan fingerprint density at radius 2 is 1.69 bits per heavy atom. The Hall–Kier alpha value is -0.910. The summed E-state index contributed by atoms with van der Waals surface area (Å²) in [4.78, 5) is 0. The molecule has 0 bridgehead atoms. The fourth-order valence-corrected chi connectivity index (χ4v) is 1.86. The number of alkyl halides is 4. The summed E-state index contributed by atoms with van der Waals surface area (Å²) in [7, 11) is 0. The van der Waals surface area contributed by atoms with Gasteiger partial charge < -0.3 is 0 Å². The van der Waals surface area contributed by atoms with Crippen LogP contribution >= 0.6 is 15.9 Å². The van der Waals surface area contributed by atoms with E-state index in [4.69, 9.17) is 0 Å². The SMILES string of the molecule is FC(F)(F)CC1(c2ccc(CBr)cc2)N=N1. The summed E-state index contributed by atoms with van der Waals surface area (Å²) in [5.41, 5.74) is 0.129. The zero-order chi connectivity index (χ0) is 11.8. The molecule has 0 saturated heterocycles. The molecule has 1 heterocycles. The van der Waals surface area contributed by atoms with Crippen LogP contribution in [0.3, 0.4) is 0 Å². The van der Waals surface area contributed by atoms with Gasteiger partial charge in [-0.05, 0) is 5.56 Å². The zero-order valence-corrected chi connectivity index (χ0v) is 9.72. The molecule has 0 aromatic heterocycles. The van der Waals surface area contributed by atoms with Gasteiger partial charge in [-0.25, -0.2) is 0 Å². The summed E-state index contributed by atoms with van der Waals surface area (Å²) >= 11 is 3.27. The molecule has 0 amide bonds. The van der Waals surface area contributed by atoms with Crippen LogP contribution in [0.4, 0.5) is 13.2 Å². The van der Waals surface area contributed by atoms with Gasteiger partial charge in [0.05, 0.1) is 6.42 Å². The van der Waals surface area contributed by atoms with E-state index in [2.05, 4.69) is 26.2 Å². The van der Waals surface area contributed by atoms with E-state index >= 15 is 0 Å². The van der Waals surface area contributed by atoms with Crippen LogP contribution in [0.5, 0.6) is 0 Å². The number of rotatable bonds is 3. The number of nitrogens with zero attached hydrogens (tertiary/aromatic N) is 2. The van der Waals surface area contributed by atoms with Crippen LogP contribution in [0.2, 0.25) is 0 Å². The predicted octanol–water partition coefficient (Wildman–Crippen LogP) is 4.15. The molecule has 0 atom stereocenters. The first-order valence-electron chi connectivity index (χ1n) is 4.61. The van der Waals surface area contributed by atoms with Crippen LogP contribution in [0, 0.1) is 0 Å². The van der Waals surface area contributed by atoms with E-state index in [0.717, 1.165) is 5.56 Å². The third-order valence-corrected chi connectivity index (χ3v) is 3.01. The second-order valence-electron chi connectivity index (χ2n) is 3.64. The van der Waals surface area contributed by atoms with Crippen LogP contribution < -0.4 is 0 Å². The van der Waals surface area contributed by atoms with Gasteiger partial charge in [-0.1, -0.05) is 40.2 Å². The van der Waals surface area contributed by atoms with Gasteiger partial charge >= 0.3 is 6.18 Å². The van der Waals surface area contributed by atoms with E-state index in [9.17, 15) is 13.2 Å². The standard InChI is InChI=1S/C10H8BrF3N2/c11-5-7-1-3-8(4-2-7)9(15-16-9)6-10(12,13)14/h1-4H,5-6H2. The van der Waals surface area contributed by atoms with E-state index in [1.165, 1.54) is 0 Å². The maximum absolute atomic E-state index is 12.3. The van der Waals surface area contributed by atoms with E-state index in [1.807, 2.05) is 0 Å². The van der Waals surface area contributed by atoms with Crippen LogP contribution in [0.25, 0.3) is 0 Å². The molecular weight excluding hydrogens is 285 g/mol. The van der Waals surface area contributed by atoms with Crippen LogP contribution in [0.15, 0.2) is 34.5 Å². The fraction of sp³-hybridized carbons (Fsp3) is 0.400. The summed E-state index contributed by atoms with van der Waals surface area (Å²) in [6, 6.07) is 6.82. The van der Waals surface area contributed by atoms with E-state index in [1.54, 1.807) is 24.3 Å². The first kappa shape index (κ1) is 11.6. The van der Waals surface area contributed by atoms with Crippen LogP contribution in [-0.2, 0) is 11.0 Å². The summed E-state index contributed by atoms with van der Waals surface area (Å²) in [5.74, 6) is 0. The Kier molecular flexibility index (Phi) is 2.77. The van der Waals surface area contributed by atoms with Gasteiger partial charge in [0.2, 0.25) is 5.66 Å². The lowest BCUT2D eigenvalue weighted by molar-refractivity contribution is -0.142. The van der Waals surface area contributed by atoms with Gasteiger partial charge in [0.25, 0.3) is 0 Å². The van der Waals surface area contributed by atoms with Crippen molar-refractivity contribution < 1.29 is 13.2 Å². The molecule has 1 aromatic carbocycles. The molecule has 0 fully saturated rings. The Morgan fingerprint density at radius 1 is 1.12 bits per heavy atom. The third-order valence-electron chi connectivity index (χ3n) is 2.36. The molecular formula is C10H8BrF3N2. The Balaban J connectivity index is 2.17. The van der Waals surface area contributed by atoms with Gasteiger partial charge in [-0.15, -0.1) is 0 Å². The first-order valence-corrected chi connectivity index (χ1v) is 5.73. The minimum atomic E-state index is -4.25. The van der Waals surface area contributed by atoms with Crippen molar-refractivity contribution in [3.05, 3.63) is 35.4 Å². The second kappa shape index (κ2) is 3.84. The molecule has 0 aliphatic carbocycles. The maximum Gasteiger partial charge on any atom is 0.393 e. The Labute approximate surface area is 98.7 Å². The second-order valence-corrected chi connectivity index (χ2v) is 4.20. The maximum atomic E-state index is 12.3. The first-order chi connectivity index (χ1) is 7.45. The Bertz CT molecular complexity index is 405. The smallest absolute Gasteiger partial charge is 0.171 e. The predicted molar refractivity (Wildman–Crippen MR) is 56.3 cm³/mol. The molecule has 0 radical (unpaired) electrons. The molecule has 0 N–H and O–H groups in total. The molecule has 0 saturated carbocycles. The molecule has 86 valence electrons. The highest BCUT2D eigenvalue weighted by molar-refractivity contribution is 9.08. The van der Waals surface area contributed by atoms with Crippen molar-refractivity contribution in [2.45, 2.75) is 23.6 Å². The number of hydrogen-bond donors (Lipinski definition) is 0. The largest absolute Gasteiger partial charge is 0.393 e. The quantitative estimate of drug-likeness (QED) is 0.748. The van der Waals surface area contributed by atoms with Crippen molar-refractivity contribution in [2.75, 3.05) is 0 Å². The molecule has 6 heteroatoms. The summed E-state index contributed by atoms with van der Waals surface area (Å²) in [6.07, 6.45) is -5.27. The van der Waals surface area contributed by atoms with Crippen LogP contribution in [0.1, 0.15) is 17.5 Å². The summed E-state index contributed by atoms with van der Waals surface area (Å²) in [6.45, 7) is 0. The van der Waals surface area contributed by atoms with Gasteiger partial charge in [0, 0.05) is 10.9 Å². The zero-order valence-electron chi connectivity index (χ0n) is 8.13. The normalized spacial score (nSPS) is 17.5. The molecule has 0 spiro atoms. The van der Waals surface area contributed by atoms with Crippen molar-refractivity contribution in [2.24, 2.45) is 10.2 Å². The molecule has 2 nitrogen and oxygen atoms in total. The minimum Gasteiger partial charge on any atom is -0.171 e. The highest BCUT2D eigenvalue weighted by Crippen LogP contribution is 2.47. The van der Waals surface area contributed by atoms with Crippen molar-refractivity contribution in [1.82, 2.24) is 0 Å². The fourth-order valence-electron chi connectivity index (χ4n) is 1.49. The number of benzene rings is 1. The van der Waals surface area contributed by atoms with Crippen molar-refractivity contribution >= 4 is 15.9 Å². The molecule has 0 unspecified atom stereocenters. The lowest BCUT2D eigenvalue weighted by Crippen LogP contribution is -2.20. The van der Waals surface area contributed by atoms with Gasteiger partial charge in [-0.3, -0.25) is 0 Å². The Morgan fingerprint density at radius 3 is 2.06 bits per heavy atom. The molecule has 1 aliphatic heterocycles. The molecule has 1 aromatic rings. The third kappa shape index (κ3) is 2.42.